The minimum Gasteiger partial charge on any atom is -0.507 e. The number of fused-ring (bicyclic) bond motifs is 1. The Balaban J connectivity index is 1.54. The average Bonchev–Trinajstić information content (AvgIpc) is 2.92. The fourth-order valence-corrected chi connectivity index (χ4v) is 5.13. The third-order valence-electron chi connectivity index (χ3n) is 5.93. The minimum atomic E-state index is -4.81. The lowest BCUT2D eigenvalue weighted by Gasteiger charge is -2.12. The zero-order chi connectivity index (χ0) is 32.9. The zero-order valence-electron chi connectivity index (χ0n) is 23.6. The Hall–Kier alpha value is -4.24. The molecule has 1 heterocycles. The lowest BCUT2D eigenvalue weighted by molar-refractivity contribution is 0.104. The molecule has 0 aliphatic carbocycles. The van der Waals surface area contributed by atoms with Crippen molar-refractivity contribution < 1.29 is 40.0 Å². The molecule has 0 saturated heterocycles. The smallest absolute Gasteiger partial charge is 0.397 e. The number of nitrogens with two attached hydrogens (primary N) is 1. The first kappa shape index (κ1) is 33.6. The maximum absolute atomic E-state index is 12.3. The van der Waals surface area contributed by atoms with Gasteiger partial charge < -0.3 is 26.2 Å². The van der Waals surface area contributed by atoms with Gasteiger partial charge in [-0.2, -0.15) is 31.8 Å². The number of hydrogen-bond acceptors (Lipinski definition) is 15. The predicted molar refractivity (Wildman–Crippen MR) is 165 cm³/mol. The fourth-order valence-electron chi connectivity index (χ4n) is 4.04. The molecule has 0 fully saturated rings. The number of aromatic nitrogens is 3. The van der Waals surface area contributed by atoms with Gasteiger partial charge in [-0.1, -0.05) is 6.07 Å². The Kier molecular flexibility index (Phi) is 10.3. The molecule has 45 heavy (non-hydrogen) atoms. The standard InChI is InChI=1S/C25H27ClN8O9S2/c1-13-9-15-11-14(2)21(27)22(20(15)18(35)10-13)34-33-17-4-3-16(12-19(17)44(36,37)38)29-25-31-23(26)30-24(32-25)28-5-6-42-7-8-43-45(39,40)41/h3-4,9-12,35H,5-8,27H2,1-2H3,(H,36,37,38)(H,39,40,41)(H2,28,29,30,31,32). The summed E-state index contributed by atoms with van der Waals surface area (Å²) in [6.45, 7) is 3.32. The Morgan fingerprint density at radius 2 is 1.69 bits per heavy atom. The van der Waals surface area contributed by atoms with E-state index in [0.717, 1.165) is 11.6 Å². The van der Waals surface area contributed by atoms with Gasteiger partial charge in [-0.15, -0.1) is 10.2 Å². The van der Waals surface area contributed by atoms with Crippen LogP contribution in [0.1, 0.15) is 11.1 Å². The summed E-state index contributed by atoms with van der Waals surface area (Å²) in [4.78, 5) is 11.4. The number of azo groups is 1. The average molecular weight is 683 g/mol. The van der Waals surface area contributed by atoms with Crippen LogP contribution in [-0.4, -0.2) is 72.4 Å². The van der Waals surface area contributed by atoms with Crippen molar-refractivity contribution in [1.29, 1.82) is 0 Å². The van der Waals surface area contributed by atoms with E-state index in [0.29, 0.717) is 16.3 Å². The summed E-state index contributed by atoms with van der Waals surface area (Å²) in [6.07, 6.45) is 0. The van der Waals surface area contributed by atoms with Gasteiger partial charge in [-0.05, 0) is 72.3 Å². The minimum absolute atomic E-state index is 0.0251. The molecule has 3 aromatic carbocycles. The number of nitrogens with one attached hydrogen (secondary N) is 2. The second kappa shape index (κ2) is 13.8. The third-order valence-corrected chi connectivity index (χ3v) is 7.45. The molecule has 0 aliphatic rings. The van der Waals surface area contributed by atoms with Crippen molar-refractivity contribution in [3.63, 3.8) is 0 Å². The van der Waals surface area contributed by atoms with E-state index in [4.69, 9.17) is 26.6 Å². The highest BCUT2D eigenvalue weighted by Gasteiger charge is 2.19. The van der Waals surface area contributed by atoms with Gasteiger partial charge in [0.2, 0.25) is 17.2 Å². The number of rotatable bonds is 13. The highest BCUT2D eigenvalue weighted by Crippen LogP contribution is 2.42. The van der Waals surface area contributed by atoms with E-state index in [-0.39, 0.29) is 72.0 Å². The highest BCUT2D eigenvalue weighted by atomic mass is 35.5. The molecular weight excluding hydrogens is 656 g/mol. The number of phenols is 1. The summed E-state index contributed by atoms with van der Waals surface area (Å²) in [7, 11) is -9.36. The second-order valence-electron chi connectivity index (χ2n) is 9.36. The Bertz CT molecular complexity index is 1990. The molecule has 0 saturated carbocycles. The number of aromatic hydroxyl groups is 1. The Morgan fingerprint density at radius 1 is 0.956 bits per heavy atom. The normalized spacial score (nSPS) is 12.2. The molecular formula is C25H27ClN8O9S2. The molecule has 17 nitrogen and oxygen atoms in total. The summed E-state index contributed by atoms with van der Waals surface area (Å²) >= 11 is 5.99. The van der Waals surface area contributed by atoms with Crippen molar-refractivity contribution >= 4 is 77.5 Å². The quantitative estimate of drug-likeness (QED) is 0.0498. The molecule has 240 valence electrons. The van der Waals surface area contributed by atoms with Crippen LogP contribution in [0.3, 0.4) is 0 Å². The van der Waals surface area contributed by atoms with Crippen molar-refractivity contribution in [2.45, 2.75) is 18.7 Å². The number of aryl methyl sites for hydroxylation is 2. The second-order valence-corrected chi connectivity index (χ2v) is 12.2. The fraction of sp³-hybridized carbons (Fsp3) is 0.240. The van der Waals surface area contributed by atoms with E-state index < -0.39 is 25.4 Å². The summed E-state index contributed by atoms with van der Waals surface area (Å²) in [5, 5.41) is 25.1. The number of anilines is 4. The van der Waals surface area contributed by atoms with Crippen molar-refractivity contribution in [1.82, 2.24) is 15.0 Å². The van der Waals surface area contributed by atoms with Gasteiger partial charge in [0.25, 0.3) is 10.1 Å². The van der Waals surface area contributed by atoms with Crippen molar-refractivity contribution in [2.75, 3.05) is 42.7 Å². The lowest BCUT2D eigenvalue weighted by Crippen LogP contribution is -2.16. The van der Waals surface area contributed by atoms with Crippen LogP contribution in [-0.2, 0) is 29.4 Å². The number of nitrogens with zero attached hydrogens (tertiary/aromatic N) is 5. The van der Waals surface area contributed by atoms with Crippen LogP contribution in [0.25, 0.3) is 10.8 Å². The van der Waals surface area contributed by atoms with Gasteiger partial charge in [0, 0.05) is 12.2 Å². The number of ether oxygens (including phenoxy) is 1. The molecule has 0 aliphatic heterocycles. The summed E-state index contributed by atoms with van der Waals surface area (Å²) in [5.41, 5.74) is 7.97. The molecule has 0 unspecified atom stereocenters. The monoisotopic (exact) mass is 682 g/mol. The summed E-state index contributed by atoms with van der Waals surface area (Å²) in [6, 6.07) is 8.94. The molecule has 1 aromatic heterocycles. The SMILES string of the molecule is Cc1cc(O)c2c(N=Nc3ccc(Nc4nc(Cl)nc(NCCOCCOS(=O)(=O)O)n4)cc3S(=O)(=O)O)c(N)c(C)cc2c1. The summed E-state index contributed by atoms with van der Waals surface area (Å²) < 4.78 is 73.3. The topological polar surface area (TPSA) is 261 Å². The number of halogens is 1. The van der Waals surface area contributed by atoms with Crippen molar-refractivity contribution in [3.8, 4) is 5.75 Å². The third kappa shape index (κ3) is 9.14. The maximum Gasteiger partial charge on any atom is 0.397 e. The van der Waals surface area contributed by atoms with E-state index in [1.807, 2.05) is 13.0 Å². The molecule has 0 spiro atoms. The molecule has 7 N–H and O–H groups in total. The van der Waals surface area contributed by atoms with Gasteiger partial charge >= 0.3 is 10.4 Å². The van der Waals surface area contributed by atoms with Crippen LogP contribution < -0.4 is 16.4 Å². The van der Waals surface area contributed by atoms with Gasteiger partial charge in [0.1, 0.15) is 22.0 Å². The van der Waals surface area contributed by atoms with Crippen LogP contribution >= 0.6 is 11.6 Å². The molecule has 4 rings (SSSR count). The molecule has 0 amide bonds. The van der Waals surface area contributed by atoms with Gasteiger partial charge in [-0.25, -0.2) is 4.18 Å². The Labute approximate surface area is 262 Å². The molecule has 4 aromatic rings. The first-order valence-electron chi connectivity index (χ1n) is 12.8. The van der Waals surface area contributed by atoms with E-state index in [2.05, 4.69) is 40.0 Å². The predicted octanol–water partition coefficient (Wildman–Crippen LogP) is 4.24. The molecule has 0 bridgehead atoms. The van der Waals surface area contributed by atoms with Crippen LogP contribution in [0, 0.1) is 13.8 Å². The van der Waals surface area contributed by atoms with Crippen LogP contribution in [0.5, 0.6) is 5.75 Å². The first-order valence-corrected chi connectivity index (χ1v) is 16.0. The van der Waals surface area contributed by atoms with E-state index in [1.165, 1.54) is 18.2 Å². The van der Waals surface area contributed by atoms with Gasteiger partial charge in [0.05, 0.1) is 30.9 Å². The first-order chi connectivity index (χ1) is 21.1. The van der Waals surface area contributed by atoms with E-state index in [1.54, 1.807) is 13.0 Å². The van der Waals surface area contributed by atoms with Crippen LogP contribution in [0.15, 0.2) is 51.5 Å². The van der Waals surface area contributed by atoms with Crippen molar-refractivity contribution in [2.24, 2.45) is 10.2 Å². The number of benzene rings is 3. The molecule has 0 atom stereocenters. The number of nitrogen functional groups attached to an aromatic ring is 1. The number of hydrogen-bond donors (Lipinski definition) is 6. The zero-order valence-corrected chi connectivity index (χ0v) is 26.0. The maximum atomic E-state index is 12.3. The van der Waals surface area contributed by atoms with Crippen molar-refractivity contribution in [3.05, 3.63) is 52.8 Å². The van der Waals surface area contributed by atoms with Gasteiger partial charge in [-0.3, -0.25) is 9.11 Å². The summed E-state index contributed by atoms with van der Waals surface area (Å²) in [5.74, 6) is -0.139. The van der Waals surface area contributed by atoms with Crippen LogP contribution in [0.2, 0.25) is 5.28 Å². The van der Waals surface area contributed by atoms with Gasteiger partial charge in [0.15, 0.2) is 0 Å². The number of phenolic OH excluding ortho intramolecular Hbond substituents is 1. The molecule has 0 radical (unpaired) electrons. The highest BCUT2D eigenvalue weighted by molar-refractivity contribution is 7.86. The largest absolute Gasteiger partial charge is 0.507 e. The van der Waals surface area contributed by atoms with E-state index >= 15 is 0 Å². The molecule has 20 heteroatoms. The lowest BCUT2D eigenvalue weighted by atomic mass is 10.0. The van der Waals surface area contributed by atoms with Crippen LogP contribution in [0.4, 0.5) is 34.6 Å². The van der Waals surface area contributed by atoms with E-state index in [9.17, 15) is 26.5 Å². The Morgan fingerprint density at radius 3 is 2.40 bits per heavy atom.